The van der Waals surface area contributed by atoms with Crippen LogP contribution < -0.4 is 0 Å². The van der Waals surface area contributed by atoms with Gasteiger partial charge >= 0.3 is 0 Å². The molecule has 0 bridgehead atoms. The zero-order chi connectivity index (χ0) is 17.3. The number of fused-ring (bicyclic) bond motifs is 6. The Bertz CT molecular complexity index is 1420. The predicted octanol–water partition coefficient (Wildman–Crippen LogP) is 6.21. The van der Waals surface area contributed by atoms with Gasteiger partial charge in [0.25, 0.3) is 0 Å². The lowest BCUT2D eigenvalue weighted by molar-refractivity contribution is 1.27. The van der Waals surface area contributed by atoms with Gasteiger partial charge in [-0.15, -0.1) is 0 Å². The molecule has 3 aromatic carbocycles. The topological polar surface area (TPSA) is 17.3 Å². The van der Waals surface area contributed by atoms with Crippen LogP contribution in [0.25, 0.3) is 49.4 Å². The highest BCUT2D eigenvalue weighted by Crippen LogP contribution is 2.39. The van der Waals surface area contributed by atoms with Crippen LogP contribution in [0.4, 0.5) is 0 Å². The Morgan fingerprint density at radius 3 is 2.31 bits per heavy atom. The molecule has 122 valence electrons. The molecule has 0 fully saturated rings. The largest absolute Gasteiger partial charge is 0.308 e. The summed E-state index contributed by atoms with van der Waals surface area (Å²) in [6.45, 7) is 2.07. The highest BCUT2D eigenvalue weighted by atomic mass is 14.9. The summed E-state index contributed by atoms with van der Waals surface area (Å²) < 4.78 is 2.40. The van der Waals surface area contributed by atoms with Gasteiger partial charge in [-0.1, -0.05) is 48.5 Å². The number of hydrogen-bond acceptors (Lipinski definition) is 1. The molecule has 0 unspecified atom stereocenters. The fourth-order valence-corrected chi connectivity index (χ4v) is 4.23. The fraction of sp³-hybridized carbons (Fsp3) is 0.0417. The van der Waals surface area contributed by atoms with Crippen molar-refractivity contribution >= 4 is 38.1 Å². The lowest BCUT2D eigenvalue weighted by Crippen LogP contribution is -1.85. The second-order valence-electron chi connectivity index (χ2n) is 7.01. The van der Waals surface area contributed by atoms with Gasteiger partial charge in [0, 0.05) is 33.3 Å². The zero-order valence-corrected chi connectivity index (χ0v) is 14.4. The van der Waals surface area contributed by atoms with Crippen molar-refractivity contribution in [2.75, 3.05) is 0 Å². The summed E-state index contributed by atoms with van der Waals surface area (Å²) in [7, 11) is 0. The van der Waals surface area contributed by atoms with Crippen molar-refractivity contribution in [3.8, 4) is 11.3 Å². The Kier molecular flexibility index (Phi) is 2.57. The number of aromatic nitrogens is 2. The van der Waals surface area contributed by atoms with Gasteiger partial charge in [-0.05, 0) is 36.8 Å². The average Bonchev–Trinajstić information content (AvgIpc) is 3.20. The molecule has 0 aliphatic heterocycles. The molecule has 0 amide bonds. The summed E-state index contributed by atoms with van der Waals surface area (Å²) in [6.07, 6.45) is 1.93. The number of para-hydroxylation sites is 2. The minimum Gasteiger partial charge on any atom is -0.308 e. The molecule has 0 aliphatic rings. The van der Waals surface area contributed by atoms with E-state index in [0.29, 0.717) is 0 Å². The van der Waals surface area contributed by atoms with Crippen molar-refractivity contribution in [1.29, 1.82) is 0 Å². The smallest absolute Gasteiger partial charge is 0.0702 e. The Hall–Kier alpha value is -3.39. The molecule has 0 saturated carbocycles. The van der Waals surface area contributed by atoms with Gasteiger partial charge in [-0.2, -0.15) is 0 Å². The van der Waals surface area contributed by atoms with Crippen LogP contribution in [-0.2, 0) is 0 Å². The Morgan fingerprint density at radius 1 is 0.692 bits per heavy atom. The molecule has 2 heteroatoms. The van der Waals surface area contributed by atoms with Crippen LogP contribution in [0.1, 0.15) is 5.56 Å². The lowest BCUT2D eigenvalue weighted by Gasteiger charge is -2.03. The van der Waals surface area contributed by atoms with Crippen LogP contribution in [0.2, 0.25) is 0 Å². The van der Waals surface area contributed by atoms with Gasteiger partial charge < -0.3 is 4.40 Å². The third-order valence-corrected chi connectivity index (χ3v) is 5.43. The van der Waals surface area contributed by atoms with Crippen LogP contribution in [0.3, 0.4) is 0 Å². The number of benzene rings is 3. The van der Waals surface area contributed by atoms with Gasteiger partial charge in [0.05, 0.1) is 22.2 Å². The van der Waals surface area contributed by atoms with E-state index in [1.54, 1.807) is 0 Å². The average molecular weight is 332 g/mol. The predicted molar refractivity (Wildman–Crippen MR) is 109 cm³/mol. The number of nitrogens with zero attached hydrogens (tertiary/aromatic N) is 2. The van der Waals surface area contributed by atoms with E-state index in [1.807, 2.05) is 6.20 Å². The van der Waals surface area contributed by atoms with Crippen molar-refractivity contribution in [3.05, 3.63) is 84.6 Å². The standard InChI is InChI=1S/C24H16N2/c1-15-9-11-21(25-14-15)16-10-12-23-20(13-16)19-7-4-6-18-17-5-2-3-8-22(17)26(23)24(18)19/h2-14H,1H3. The molecular weight excluding hydrogens is 316 g/mol. The van der Waals surface area contributed by atoms with Crippen LogP contribution >= 0.6 is 0 Å². The molecule has 0 saturated heterocycles. The summed E-state index contributed by atoms with van der Waals surface area (Å²) in [5.41, 5.74) is 7.21. The van der Waals surface area contributed by atoms with Gasteiger partial charge in [0.15, 0.2) is 0 Å². The van der Waals surface area contributed by atoms with E-state index in [4.69, 9.17) is 0 Å². The molecule has 26 heavy (non-hydrogen) atoms. The first-order chi connectivity index (χ1) is 12.8. The van der Waals surface area contributed by atoms with E-state index in [9.17, 15) is 0 Å². The number of rotatable bonds is 1. The maximum absolute atomic E-state index is 4.60. The van der Waals surface area contributed by atoms with E-state index < -0.39 is 0 Å². The van der Waals surface area contributed by atoms with E-state index in [0.717, 1.165) is 11.3 Å². The van der Waals surface area contributed by atoms with Gasteiger partial charge in [-0.25, -0.2) is 0 Å². The summed E-state index contributed by atoms with van der Waals surface area (Å²) in [5.74, 6) is 0. The third kappa shape index (κ3) is 1.68. The van der Waals surface area contributed by atoms with Crippen molar-refractivity contribution in [1.82, 2.24) is 9.38 Å². The van der Waals surface area contributed by atoms with E-state index in [1.165, 1.54) is 43.7 Å². The minimum absolute atomic E-state index is 1.02. The monoisotopic (exact) mass is 332 g/mol. The molecule has 6 rings (SSSR count). The second kappa shape index (κ2) is 4.83. The maximum atomic E-state index is 4.60. The number of aryl methyl sites for hydroxylation is 1. The highest BCUT2D eigenvalue weighted by Gasteiger charge is 2.17. The van der Waals surface area contributed by atoms with Crippen molar-refractivity contribution in [3.63, 3.8) is 0 Å². The molecule has 0 N–H and O–H groups in total. The second-order valence-corrected chi connectivity index (χ2v) is 7.01. The van der Waals surface area contributed by atoms with Crippen LogP contribution in [-0.4, -0.2) is 9.38 Å². The molecule has 2 nitrogen and oxygen atoms in total. The van der Waals surface area contributed by atoms with Crippen LogP contribution in [0, 0.1) is 6.92 Å². The first kappa shape index (κ1) is 13.9. The van der Waals surface area contributed by atoms with Gasteiger partial charge in [0.1, 0.15) is 0 Å². The molecule has 3 aromatic heterocycles. The third-order valence-electron chi connectivity index (χ3n) is 5.43. The molecule has 0 aliphatic carbocycles. The first-order valence-corrected chi connectivity index (χ1v) is 8.91. The molecule has 0 atom stereocenters. The van der Waals surface area contributed by atoms with Crippen molar-refractivity contribution in [2.24, 2.45) is 0 Å². The SMILES string of the molecule is Cc1ccc(-c2ccc3c(c2)c2cccc4c5ccccc5n3c42)nc1. The van der Waals surface area contributed by atoms with E-state index in [-0.39, 0.29) is 0 Å². The van der Waals surface area contributed by atoms with Crippen LogP contribution in [0.5, 0.6) is 0 Å². The fourth-order valence-electron chi connectivity index (χ4n) is 4.23. The summed E-state index contributed by atoms with van der Waals surface area (Å²) >= 11 is 0. The van der Waals surface area contributed by atoms with E-state index >= 15 is 0 Å². The molecule has 0 spiro atoms. The lowest BCUT2D eigenvalue weighted by atomic mass is 10.0. The molecule has 0 radical (unpaired) electrons. The Labute approximate surface area is 150 Å². The quantitative estimate of drug-likeness (QED) is 0.350. The molecule has 6 aromatic rings. The molecular formula is C24H16N2. The minimum atomic E-state index is 1.02. The van der Waals surface area contributed by atoms with Crippen molar-refractivity contribution in [2.45, 2.75) is 6.92 Å². The number of hydrogen-bond donors (Lipinski definition) is 0. The van der Waals surface area contributed by atoms with Gasteiger partial charge in [-0.3, -0.25) is 4.98 Å². The van der Waals surface area contributed by atoms with Crippen LogP contribution in [0.15, 0.2) is 79.0 Å². The van der Waals surface area contributed by atoms with E-state index in [2.05, 4.69) is 89.1 Å². The summed E-state index contributed by atoms with van der Waals surface area (Å²) in [5, 5.41) is 5.24. The number of pyridine rings is 1. The first-order valence-electron chi connectivity index (χ1n) is 8.91. The Morgan fingerprint density at radius 2 is 1.46 bits per heavy atom. The summed E-state index contributed by atoms with van der Waals surface area (Å²) in [6, 6.07) is 26.2. The summed E-state index contributed by atoms with van der Waals surface area (Å²) in [4.78, 5) is 4.60. The maximum Gasteiger partial charge on any atom is 0.0702 e. The van der Waals surface area contributed by atoms with Gasteiger partial charge in [0.2, 0.25) is 0 Å². The molecule has 3 heterocycles. The highest BCUT2D eigenvalue weighted by molar-refractivity contribution is 6.23. The zero-order valence-electron chi connectivity index (χ0n) is 14.4. The normalized spacial score (nSPS) is 12.0. The Balaban J connectivity index is 1.77. The van der Waals surface area contributed by atoms with Crippen molar-refractivity contribution < 1.29 is 0 Å².